The Balaban J connectivity index is 1.65. The lowest BCUT2D eigenvalue weighted by Crippen LogP contribution is -2.44. The van der Waals surface area contributed by atoms with Gasteiger partial charge in [0.2, 0.25) is 0 Å². The summed E-state index contributed by atoms with van der Waals surface area (Å²) in [4.78, 5) is 2.37. The summed E-state index contributed by atoms with van der Waals surface area (Å²) in [5.74, 6) is 0.642. The van der Waals surface area contributed by atoms with Crippen molar-refractivity contribution in [3.63, 3.8) is 0 Å². The molecule has 0 N–H and O–H groups in total. The third-order valence-electron chi connectivity index (χ3n) is 6.29. The molecule has 4 aromatic carbocycles. The van der Waals surface area contributed by atoms with E-state index >= 15 is 0 Å². The molecule has 0 radical (unpaired) electrons. The molecule has 0 amide bonds. The molecule has 148 valence electrons. The Morgan fingerprint density at radius 3 is 2.67 bits per heavy atom. The summed E-state index contributed by atoms with van der Waals surface area (Å²) in [6.45, 7) is 0.845. The lowest BCUT2D eigenvalue weighted by molar-refractivity contribution is -0.0262. The van der Waals surface area contributed by atoms with Gasteiger partial charge in [0.15, 0.2) is 6.23 Å². The van der Waals surface area contributed by atoms with Crippen LogP contribution in [-0.2, 0) is 6.42 Å². The van der Waals surface area contributed by atoms with Crippen LogP contribution in [0.3, 0.4) is 0 Å². The number of benzene rings is 4. The van der Waals surface area contributed by atoms with E-state index in [0.29, 0.717) is 0 Å². The Morgan fingerprint density at radius 2 is 1.73 bits per heavy atom. The molecule has 2 aliphatic heterocycles. The highest BCUT2D eigenvalue weighted by Gasteiger charge is 2.42. The van der Waals surface area contributed by atoms with Crippen molar-refractivity contribution in [2.45, 2.75) is 18.7 Å². The molecular weight excluding hydrogens is 441 g/mol. The Hall–Kier alpha value is -2.69. The van der Waals surface area contributed by atoms with Crippen LogP contribution >= 0.6 is 15.9 Å². The Morgan fingerprint density at radius 1 is 0.900 bits per heavy atom. The molecule has 2 atom stereocenters. The van der Waals surface area contributed by atoms with E-state index in [2.05, 4.69) is 75.4 Å². The molecule has 2 nitrogen and oxygen atoms in total. The summed E-state index contributed by atoms with van der Waals surface area (Å²) in [5, 5.41) is 2.31. The molecule has 2 aliphatic rings. The lowest BCUT2D eigenvalue weighted by atomic mass is 9.87. The van der Waals surface area contributed by atoms with Crippen LogP contribution < -0.4 is 4.74 Å². The summed E-state index contributed by atoms with van der Waals surface area (Å²) in [7, 11) is 0. The molecule has 6 rings (SSSR count). The largest absolute Gasteiger partial charge is 0.470 e. The molecule has 0 fully saturated rings. The van der Waals surface area contributed by atoms with Gasteiger partial charge in [0.25, 0.3) is 0 Å². The molecule has 0 aromatic heterocycles. The number of rotatable bonds is 1. The molecule has 0 bridgehead atoms. The Bertz CT molecular complexity index is 1290. The smallest absolute Gasteiger partial charge is 0.180 e. The first-order valence-corrected chi connectivity index (χ1v) is 11.0. The van der Waals surface area contributed by atoms with E-state index in [0.717, 1.165) is 45.1 Å². The van der Waals surface area contributed by atoms with Gasteiger partial charge >= 0.3 is 0 Å². The quantitative estimate of drug-likeness (QED) is 0.311. The maximum Gasteiger partial charge on any atom is 0.180 e. The minimum Gasteiger partial charge on any atom is -0.470 e. The monoisotopic (exact) mass is 459 g/mol. The highest BCUT2D eigenvalue weighted by Crippen LogP contribution is 2.51. The van der Waals surface area contributed by atoms with Crippen LogP contribution in [0, 0.1) is 5.82 Å². The van der Waals surface area contributed by atoms with Gasteiger partial charge in [-0.05, 0) is 52.6 Å². The van der Waals surface area contributed by atoms with E-state index in [1.807, 2.05) is 6.07 Å². The van der Waals surface area contributed by atoms with Gasteiger partial charge < -0.3 is 4.74 Å². The van der Waals surface area contributed by atoms with Gasteiger partial charge in [-0.1, -0.05) is 70.5 Å². The maximum absolute atomic E-state index is 14.4. The van der Waals surface area contributed by atoms with Crippen LogP contribution in [0.15, 0.2) is 83.3 Å². The molecule has 0 saturated carbocycles. The molecule has 4 aromatic rings. The van der Waals surface area contributed by atoms with Crippen LogP contribution in [-0.4, -0.2) is 11.4 Å². The highest BCUT2D eigenvalue weighted by atomic mass is 79.9. The number of hydrogen-bond donors (Lipinski definition) is 0. The zero-order chi connectivity index (χ0) is 20.2. The zero-order valence-corrected chi connectivity index (χ0v) is 17.8. The average molecular weight is 460 g/mol. The van der Waals surface area contributed by atoms with E-state index in [1.54, 1.807) is 12.1 Å². The van der Waals surface area contributed by atoms with Gasteiger partial charge in [0.1, 0.15) is 11.6 Å². The van der Waals surface area contributed by atoms with Crippen molar-refractivity contribution in [3.8, 4) is 5.75 Å². The molecule has 30 heavy (non-hydrogen) atoms. The number of ether oxygens (including phenoxy) is 1. The molecule has 0 spiro atoms. The Kier molecular flexibility index (Phi) is 4.18. The molecule has 2 heterocycles. The normalized spacial score (nSPS) is 20.2. The minimum atomic E-state index is -0.226. The van der Waals surface area contributed by atoms with Crippen molar-refractivity contribution in [3.05, 3.63) is 111 Å². The third kappa shape index (κ3) is 2.71. The standard InChI is InChI=1S/C26H19BrFNO/c27-22-11-10-18(28)15-21(22)25-24-19-7-3-1-5-16(19)9-12-23(24)30-26-20-8-4-2-6-17(20)13-14-29(25)26/h1-12,15,25-26H,13-14H2. The van der Waals surface area contributed by atoms with Crippen molar-refractivity contribution in [2.75, 3.05) is 6.54 Å². The van der Waals surface area contributed by atoms with Gasteiger partial charge in [-0.25, -0.2) is 4.39 Å². The maximum atomic E-state index is 14.4. The van der Waals surface area contributed by atoms with E-state index in [4.69, 9.17) is 4.74 Å². The fourth-order valence-corrected chi connectivity index (χ4v) is 5.41. The molecule has 4 heteroatoms. The number of halogens is 2. The lowest BCUT2D eigenvalue weighted by Gasteiger charge is -2.46. The molecule has 2 unspecified atom stereocenters. The van der Waals surface area contributed by atoms with Crippen LogP contribution in [0.25, 0.3) is 10.8 Å². The van der Waals surface area contributed by atoms with Crippen molar-refractivity contribution < 1.29 is 9.13 Å². The van der Waals surface area contributed by atoms with E-state index in [-0.39, 0.29) is 18.1 Å². The first-order valence-electron chi connectivity index (χ1n) is 10.2. The average Bonchev–Trinajstić information content (AvgIpc) is 2.79. The number of fused-ring (bicyclic) bond motifs is 6. The first kappa shape index (κ1) is 18.1. The SMILES string of the molecule is Fc1ccc(Br)c(C2c3c(ccc4ccccc34)OC3c4ccccc4CCN32)c1. The predicted molar refractivity (Wildman–Crippen MR) is 120 cm³/mol. The summed E-state index contributed by atoms with van der Waals surface area (Å²) in [6, 6.07) is 25.8. The van der Waals surface area contributed by atoms with E-state index < -0.39 is 0 Å². The van der Waals surface area contributed by atoms with Crippen LogP contribution in [0.5, 0.6) is 5.75 Å². The van der Waals surface area contributed by atoms with Crippen LogP contribution in [0.4, 0.5) is 4.39 Å². The second-order valence-electron chi connectivity index (χ2n) is 7.92. The molecular formula is C26H19BrFNO. The summed E-state index contributed by atoms with van der Waals surface area (Å²) < 4.78 is 21.9. The number of hydrogen-bond acceptors (Lipinski definition) is 2. The topological polar surface area (TPSA) is 12.5 Å². The summed E-state index contributed by atoms with van der Waals surface area (Å²) in [5.41, 5.74) is 4.55. The summed E-state index contributed by atoms with van der Waals surface area (Å²) >= 11 is 3.70. The van der Waals surface area contributed by atoms with Gasteiger partial charge in [0.05, 0.1) is 6.04 Å². The number of nitrogens with zero attached hydrogens (tertiary/aromatic N) is 1. The van der Waals surface area contributed by atoms with E-state index in [1.165, 1.54) is 17.2 Å². The van der Waals surface area contributed by atoms with Gasteiger partial charge in [-0.2, -0.15) is 0 Å². The van der Waals surface area contributed by atoms with Crippen LogP contribution in [0.1, 0.15) is 34.5 Å². The van der Waals surface area contributed by atoms with Gasteiger partial charge in [0, 0.05) is 22.1 Å². The second-order valence-corrected chi connectivity index (χ2v) is 8.78. The Labute approximate surface area is 183 Å². The fraction of sp³-hybridized carbons (Fsp3) is 0.154. The first-order chi connectivity index (χ1) is 14.7. The van der Waals surface area contributed by atoms with Crippen molar-refractivity contribution in [1.82, 2.24) is 4.90 Å². The second kappa shape index (κ2) is 6.93. The predicted octanol–water partition coefficient (Wildman–Crippen LogP) is 6.78. The summed E-state index contributed by atoms with van der Waals surface area (Å²) in [6.07, 6.45) is 0.753. The van der Waals surface area contributed by atoms with Crippen LogP contribution in [0.2, 0.25) is 0 Å². The highest BCUT2D eigenvalue weighted by molar-refractivity contribution is 9.10. The van der Waals surface area contributed by atoms with Crippen molar-refractivity contribution in [1.29, 1.82) is 0 Å². The van der Waals surface area contributed by atoms with Gasteiger partial charge in [-0.15, -0.1) is 0 Å². The van der Waals surface area contributed by atoms with E-state index in [9.17, 15) is 4.39 Å². The van der Waals surface area contributed by atoms with Crippen molar-refractivity contribution in [2.24, 2.45) is 0 Å². The minimum absolute atomic E-state index is 0.108. The molecule has 0 saturated heterocycles. The fourth-order valence-electron chi connectivity index (χ4n) is 4.95. The zero-order valence-electron chi connectivity index (χ0n) is 16.2. The van der Waals surface area contributed by atoms with Gasteiger partial charge in [-0.3, -0.25) is 4.90 Å². The molecule has 0 aliphatic carbocycles. The van der Waals surface area contributed by atoms with Crippen molar-refractivity contribution >= 4 is 26.7 Å². The third-order valence-corrected chi connectivity index (χ3v) is 7.01.